The summed E-state index contributed by atoms with van der Waals surface area (Å²) in [5.41, 5.74) is 1.78. The van der Waals surface area contributed by atoms with E-state index in [4.69, 9.17) is 4.74 Å². The third kappa shape index (κ3) is 7.29. The predicted molar refractivity (Wildman–Crippen MR) is 155 cm³/mol. The van der Waals surface area contributed by atoms with E-state index in [9.17, 15) is 41.2 Å². The summed E-state index contributed by atoms with van der Waals surface area (Å²) in [7, 11) is -4.17. The van der Waals surface area contributed by atoms with E-state index in [2.05, 4.69) is 9.64 Å². The second-order valence-corrected chi connectivity index (χ2v) is 13.1. The molecule has 1 aliphatic carbocycles. The van der Waals surface area contributed by atoms with Gasteiger partial charge in [0.1, 0.15) is 18.0 Å². The lowest BCUT2D eigenvalue weighted by atomic mass is 9.94. The number of rotatable bonds is 11. The second kappa shape index (κ2) is 13.4. The van der Waals surface area contributed by atoms with Crippen molar-refractivity contribution in [3.05, 3.63) is 48.5 Å². The van der Waals surface area contributed by atoms with E-state index in [0.717, 1.165) is 34.8 Å². The maximum absolute atomic E-state index is 13.6. The van der Waals surface area contributed by atoms with Crippen molar-refractivity contribution >= 4 is 45.8 Å². The Hall–Kier alpha value is -3.60. The number of likely N-dealkylation sites (tertiary alicyclic amines) is 1. The number of carbonyl (C=O) groups excluding carboxylic acids is 3. The van der Waals surface area contributed by atoms with Crippen LogP contribution in [0.3, 0.4) is 0 Å². The van der Waals surface area contributed by atoms with Gasteiger partial charge in [0.15, 0.2) is 14.6 Å². The van der Waals surface area contributed by atoms with Crippen LogP contribution in [-0.2, 0) is 19.4 Å². The fraction of sp³-hybridized carbons (Fsp3) is 0.464. The number of anilines is 1. The van der Waals surface area contributed by atoms with Gasteiger partial charge in [0, 0.05) is 31.4 Å². The molecule has 0 bridgehead atoms. The zero-order valence-electron chi connectivity index (χ0n) is 23.9. The SMILES string of the molecule is Cl.O=C1CN(c2ccc(OC(F)(F)F)cc2)C(=O)N1CCCOc1ccc(S(=O)(=O)C2(C(=O)NO)CCN(C3CC3)CC2)cc1. The third-order valence-electron chi connectivity index (χ3n) is 8.07. The van der Waals surface area contributed by atoms with Crippen LogP contribution in [0.1, 0.15) is 32.1 Å². The van der Waals surface area contributed by atoms with E-state index < -0.39 is 44.5 Å². The molecule has 0 atom stereocenters. The van der Waals surface area contributed by atoms with Crippen LogP contribution in [0.4, 0.5) is 23.7 Å². The van der Waals surface area contributed by atoms with Gasteiger partial charge in [0.05, 0.1) is 11.5 Å². The Morgan fingerprint density at radius 2 is 1.60 bits per heavy atom. The molecule has 5 rings (SSSR count). The maximum Gasteiger partial charge on any atom is 0.573 e. The van der Waals surface area contributed by atoms with E-state index in [0.29, 0.717) is 24.9 Å². The normalized spacial score (nSPS) is 18.8. The lowest BCUT2D eigenvalue weighted by Gasteiger charge is -2.39. The Morgan fingerprint density at radius 1 is 1.00 bits per heavy atom. The van der Waals surface area contributed by atoms with Crippen molar-refractivity contribution in [2.75, 3.05) is 37.7 Å². The van der Waals surface area contributed by atoms with Crippen molar-refractivity contribution in [3.8, 4) is 11.5 Å². The van der Waals surface area contributed by atoms with Crippen LogP contribution in [0.5, 0.6) is 11.5 Å². The molecule has 246 valence electrons. The number of alkyl halides is 3. The van der Waals surface area contributed by atoms with Gasteiger partial charge in [-0.25, -0.2) is 18.7 Å². The molecule has 2 aromatic rings. The highest BCUT2D eigenvalue weighted by atomic mass is 35.5. The zero-order valence-corrected chi connectivity index (χ0v) is 25.5. The fourth-order valence-corrected chi connectivity index (χ4v) is 7.51. The molecule has 2 aliphatic heterocycles. The Morgan fingerprint density at radius 3 is 2.16 bits per heavy atom. The number of amides is 4. The highest BCUT2D eigenvalue weighted by molar-refractivity contribution is 7.93. The number of benzene rings is 2. The van der Waals surface area contributed by atoms with Gasteiger partial charge < -0.3 is 14.4 Å². The minimum absolute atomic E-state index is 0. The Balaban J connectivity index is 0.00000461. The molecule has 3 fully saturated rings. The van der Waals surface area contributed by atoms with Crippen LogP contribution < -0.4 is 19.9 Å². The first-order valence-corrected chi connectivity index (χ1v) is 15.5. The molecule has 0 unspecified atom stereocenters. The zero-order chi connectivity index (χ0) is 31.7. The van der Waals surface area contributed by atoms with Crippen molar-refractivity contribution in [2.24, 2.45) is 0 Å². The van der Waals surface area contributed by atoms with Gasteiger partial charge in [0.25, 0.3) is 11.8 Å². The summed E-state index contributed by atoms with van der Waals surface area (Å²) >= 11 is 0. The number of urea groups is 1. The molecule has 2 saturated heterocycles. The van der Waals surface area contributed by atoms with Gasteiger partial charge in [0.2, 0.25) is 0 Å². The highest BCUT2D eigenvalue weighted by Crippen LogP contribution is 2.39. The topological polar surface area (TPSA) is 146 Å². The van der Waals surface area contributed by atoms with Crippen LogP contribution in [0, 0.1) is 0 Å². The number of carbonyl (C=O) groups is 3. The predicted octanol–water partition coefficient (Wildman–Crippen LogP) is 3.52. The number of hydroxylamine groups is 1. The molecule has 2 heterocycles. The molecule has 2 aromatic carbocycles. The summed E-state index contributed by atoms with van der Waals surface area (Å²) in [5, 5.41) is 9.36. The summed E-state index contributed by atoms with van der Waals surface area (Å²) in [6, 6.07) is 9.94. The average Bonchev–Trinajstić information content (AvgIpc) is 3.80. The molecule has 3 aliphatic rings. The molecule has 12 nitrogen and oxygen atoms in total. The lowest BCUT2D eigenvalue weighted by molar-refractivity contribution is -0.274. The molecule has 0 radical (unpaired) electrons. The number of piperidine rings is 1. The van der Waals surface area contributed by atoms with Crippen LogP contribution in [0.15, 0.2) is 53.4 Å². The van der Waals surface area contributed by atoms with E-state index in [1.165, 1.54) is 36.4 Å². The van der Waals surface area contributed by atoms with Gasteiger partial charge in [-0.05, 0) is 80.6 Å². The summed E-state index contributed by atoms with van der Waals surface area (Å²) in [4.78, 5) is 42.1. The van der Waals surface area contributed by atoms with Crippen molar-refractivity contribution in [2.45, 2.75) is 54.2 Å². The van der Waals surface area contributed by atoms with Crippen LogP contribution >= 0.6 is 12.4 Å². The lowest BCUT2D eigenvalue weighted by Crippen LogP contribution is -2.58. The monoisotopic (exact) mass is 676 g/mol. The number of sulfone groups is 1. The van der Waals surface area contributed by atoms with Gasteiger partial charge >= 0.3 is 12.4 Å². The fourth-order valence-electron chi connectivity index (χ4n) is 5.55. The number of halogens is 4. The van der Waals surface area contributed by atoms with Gasteiger partial charge in [-0.2, -0.15) is 0 Å². The summed E-state index contributed by atoms with van der Waals surface area (Å²) in [6.45, 7) is 0.694. The van der Waals surface area contributed by atoms with E-state index in [-0.39, 0.29) is 61.9 Å². The van der Waals surface area contributed by atoms with Crippen molar-refractivity contribution in [3.63, 3.8) is 0 Å². The van der Waals surface area contributed by atoms with E-state index in [1.54, 1.807) is 5.48 Å². The summed E-state index contributed by atoms with van der Waals surface area (Å²) in [5.74, 6) is -1.56. The Bertz CT molecular complexity index is 1500. The van der Waals surface area contributed by atoms with Gasteiger partial charge in [-0.3, -0.25) is 24.6 Å². The molecule has 0 spiro atoms. The minimum Gasteiger partial charge on any atom is -0.494 e. The first-order chi connectivity index (χ1) is 20.8. The highest BCUT2D eigenvalue weighted by Gasteiger charge is 2.54. The Kier molecular flexibility index (Phi) is 10.2. The van der Waals surface area contributed by atoms with Crippen molar-refractivity contribution in [1.29, 1.82) is 0 Å². The van der Waals surface area contributed by atoms with Crippen molar-refractivity contribution in [1.82, 2.24) is 15.3 Å². The third-order valence-corrected chi connectivity index (χ3v) is 10.6. The number of imide groups is 1. The number of nitrogens with zero attached hydrogens (tertiary/aromatic N) is 3. The number of hydrogen-bond acceptors (Lipinski definition) is 9. The smallest absolute Gasteiger partial charge is 0.494 e. The summed E-state index contributed by atoms with van der Waals surface area (Å²) in [6.07, 6.45) is -2.38. The van der Waals surface area contributed by atoms with Crippen LogP contribution in [0.2, 0.25) is 0 Å². The molecule has 2 N–H and O–H groups in total. The molecule has 45 heavy (non-hydrogen) atoms. The maximum atomic E-state index is 13.6. The quantitative estimate of drug-likeness (QED) is 0.158. The first-order valence-electron chi connectivity index (χ1n) is 14.0. The Labute approximate surface area is 263 Å². The number of hydrogen-bond donors (Lipinski definition) is 2. The van der Waals surface area contributed by atoms with Crippen LogP contribution in [-0.4, -0.2) is 91.2 Å². The largest absolute Gasteiger partial charge is 0.573 e. The van der Waals surface area contributed by atoms with E-state index in [1.807, 2.05) is 0 Å². The first kappa shape index (κ1) is 34.3. The molecule has 1 saturated carbocycles. The van der Waals surface area contributed by atoms with Crippen LogP contribution in [0.25, 0.3) is 0 Å². The number of ether oxygens (including phenoxy) is 2. The molecular formula is C28H32ClF3N4O8S. The molecular weight excluding hydrogens is 645 g/mol. The molecule has 4 amide bonds. The number of nitrogens with one attached hydrogen (secondary N) is 1. The molecule has 17 heteroatoms. The summed E-state index contributed by atoms with van der Waals surface area (Å²) < 4.78 is 72.1. The van der Waals surface area contributed by atoms with Gasteiger partial charge in [-0.15, -0.1) is 25.6 Å². The van der Waals surface area contributed by atoms with E-state index >= 15 is 0 Å². The molecule has 0 aromatic heterocycles. The standard InChI is InChI=1S/C28H31F3N4O8S.ClH/c29-28(30,31)43-22-6-4-20(5-7-22)35-18-24(36)34(26(35)38)14-1-17-42-21-8-10-23(11-9-21)44(40,41)27(25(37)32-39)12-15-33(16-13-27)19-2-3-19;/h4-11,19,39H,1-3,12-18H2,(H,32,37);1H. The minimum atomic E-state index is -4.85. The average molecular weight is 677 g/mol. The second-order valence-electron chi connectivity index (χ2n) is 10.8. The van der Waals surface area contributed by atoms with Crippen molar-refractivity contribution < 1.29 is 50.7 Å². The van der Waals surface area contributed by atoms with Gasteiger partial charge in [-0.1, -0.05) is 0 Å².